The molecule has 1 saturated heterocycles. The molecule has 5 amide bonds. The molecule has 14 heteroatoms. The van der Waals surface area contributed by atoms with Crippen molar-refractivity contribution in [1.29, 1.82) is 0 Å². The number of rotatable bonds is 5. The zero-order valence-electron chi connectivity index (χ0n) is 25.9. The highest BCUT2D eigenvalue weighted by Crippen LogP contribution is 2.21. The molecule has 0 radical (unpaired) electrons. The van der Waals surface area contributed by atoms with Gasteiger partial charge in [0.1, 0.15) is 36.5 Å². The second kappa shape index (κ2) is 15.3. The van der Waals surface area contributed by atoms with Crippen LogP contribution in [0.5, 0.6) is 5.75 Å². The number of nitrogens with zero attached hydrogens (tertiary/aromatic N) is 2. The van der Waals surface area contributed by atoms with Gasteiger partial charge in [-0.25, -0.2) is 4.37 Å². The van der Waals surface area contributed by atoms with Crippen molar-refractivity contribution in [2.75, 3.05) is 13.2 Å². The standard InChI is InChI=1S/C31H42N6O7S/c1-5-24-31(43)37-14-22(38)12-26(37)30(42)33-18(4)27(39)34-21(10-17(2)3)15-44-23-8-6-19(7-9-23)11-25(29(41)35-24)36-28(40)20-13-32-45-16-20/h6-9,13,16-18,21-22,24-26,38H,5,10-12,14-15H2,1-4H3,(H,33,42)(H,34,39)(H,35,41)(H,36,40)/t18-,21+,22-,24+,25+,26+/m1/s1. The molecule has 0 spiro atoms. The number of hydrogen-bond acceptors (Lipinski definition) is 9. The lowest BCUT2D eigenvalue weighted by molar-refractivity contribution is -0.142. The third-order valence-electron chi connectivity index (χ3n) is 7.87. The van der Waals surface area contributed by atoms with E-state index in [4.69, 9.17) is 4.74 Å². The number of benzene rings is 1. The Balaban J connectivity index is 1.65. The van der Waals surface area contributed by atoms with E-state index in [-0.39, 0.29) is 44.4 Å². The number of ether oxygens (including phenoxy) is 1. The zero-order valence-corrected chi connectivity index (χ0v) is 26.8. The molecule has 2 aromatic rings. The summed E-state index contributed by atoms with van der Waals surface area (Å²) < 4.78 is 9.96. The van der Waals surface area contributed by atoms with Gasteiger partial charge >= 0.3 is 0 Å². The highest BCUT2D eigenvalue weighted by molar-refractivity contribution is 7.03. The van der Waals surface area contributed by atoms with Crippen LogP contribution in [-0.2, 0) is 25.6 Å². The van der Waals surface area contributed by atoms with Gasteiger partial charge in [-0.05, 0) is 54.9 Å². The maximum absolute atomic E-state index is 13.7. The van der Waals surface area contributed by atoms with Crippen LogP contribution in [0.2, 0.25) is 0 Å². The molecule has 0 unspecified atom stereocenters. The van der Waals surface area contributed by atoms with Crippen LogP contribution in [-0.4, -0.2) is 93.4 Å². The summed E-state index contributed by atoms with van der Waals surface area (Å²) in [5, 5.41) is 23.2. The maximum Gasteiger partial charge on any atom is 0.254 e. The van der Waals surface area contributed by atoms with Crippen LogP contribution in [0.1, 0.15) is 62.9 Å². The molecule has 6 atom stereocenters. The molecule has 1 fully saturated rings. The monoisotopic (exact) mass is 642 g/mol. The van der Waals surface area contributed by atoms with Gasteiger partial charge in [0.25, 0.3) is 5.91 Å². The molecule has 2 bridgehead atoms. The van der Waals surface area contributed by atoms with Crippen LogP contribution in [0.25, 0.3) is 0 Å². The highest BCUT2D eigenvalue weighted by Gasteiger charge is 2.42. The lowest BCUT2D eigenvalue weighted by Crippen LogP contribution is -2.58. The van der Waals surface area contributed by atoms with Gasteiger partial charge in [0.2, 0.25) is 23.6 Å². The number of carbonyl (C=O) groups excluding carboxylic acids is 5. The third kappa shape index (κ3) is 9.01. The summed E-state index contributed by atoms with van der Waals surface area (Å²) in [5.74, 6) is -1.77. The van der Waals surface area contributed by atoms with Crippen molar-refractivity contribution in [3.8, 4) is 5.75 Å². The second-order valence-corrected chi connectivity index (χ2v) is 12.7. The molecule has 1 aromatic carbocycles. The van der Waals surface area contributed by atoms with E-state index in [1.807, 2.05) is 13.8 Å². The molecule has 1 aromatic heterocycles. The summed E-state index contributed by atoms with van der Waals surface area (Å²) in [6.07, 6.45) is 1.40. The first kappa shape index (κ1) is 33.8. The minimum Gasteiger partial charge on any atom is -0.491 e. The van der Waals surface area contributed by atoms with Crippen molar-refractivity contribution in [3.05, 3.63) is 47.0 Å². The smallest absolute Gasteiger partial charge is 0.254 e. The average molecular weight is 643 g/mol. The van der Waals surface area contributed by atoms with E-state index >= 15 is 0 Å². The fourth-order valence-electron chi connectivity index (χ4n) is 5.48. The summed E-state index contributed by atoms with van der Waals surface area (Å²) in [5.41, 5.74) is 1.04. The SMILES string of the molecule is CC[C@@H]1NC(=O)[C@@H](NC(=O)c2cnsc2)Cc2ccc(cc2)OC[C@H](CC(C)C)NC(=O)[C@@H](C)NC(=O)[C@@H]2C[C@@H](O)CN2C1=O. The molecular weight excluding hydrogens is 600 g/mol. The second-order valence-electron chi connectivity index (χ2n) is 12.0. The van der Waals surface area contributed by atoms with Crippen LogP contribution in [0.15, 0.2) is 35.8 Å². The van der Waals surface area contributed by atoms with Crippen molar-refractivity contribution < 1.29 is 33.8 Å². The molecule has 244 valence electrons. The Hall–Kier alpha value is -4.04. The van der Waals surface area contributed by atoms with E-state index < -0.39 is 59.8 Å². The normalized spacial score (nSPS) is 26.8. The molecular formula is C31H42N6O7S. The fraction of sp³-hybridized carbons (Fsp3) is 0.548. The predicted molar refractivity (Wildman–Crippen MR) is 166 cm³/mol. The third-order valence-corrected chi connectivity index (χ3v) is 8.46. The first-order chi connectivity index (χ1) is 21.4. The van der Waals surface area contributed by atoms with Crippen LogP contribution >= 0.6 is 11.5 Å². The predicted octanol–water partition coefficient (Wildman–Crippen LogP) is 0.769. The largest absolute Gasteiger partial charge is 0.491 e. The number of nitrogens with one attached hydrogen (secondary N) is 4. The summed E-state index contributed by atoms with van der Waals surface area (Å²) in [4.78, 5) is 68.0. The van der Waals surface area contributed by atoms with E-state index in [9.17, 15) is 29.1 Å². The van der Waals surface area contributed by atoms with Crippen molar-refractivity contribution in [1.82, 2.24) is 30.5 Å². The minimum atomic E-state index is -1.04. The number of aromatic nitrogens is 1. The topological polar surface area (TPSA) is 179 Å². The van der Waals surface area contributed by atoms with Gasteiger partial charge in [-0.1, -0.05) is 32.9 Å². The van der Waals surface area contributed by atoms with E-state index in [0.717, 1.165) is 17.1 Å². The lowest BCUT2D eigenvalue weighted by atomic mass is 10.0. The van der Waals surface area contributed by atoms with E-state index in [1.54, 1.807) is 43.5 Å². The van der Waals surface area contributed by atoms with E-state index in [2.05, 4.69) is 25.6 Å². The Morgan fingerprint density at radius 2 is 1.84 bits per heavy atom. The maximum atomic E-state index is 13.7. The Bertz CT molecular complexity index is 1350. The summed E-state index contributed by atoms with van der Waals surface area (Å²) in [6, 6.07) is 2.73. The summed E-state index contributed by atoms with van der Waals surface area (Å²) >= 11 is 1.11. The number of aliphatic hydroxyl groups is 1. The van der Waals surface area contributed by atoms with Gasteiger partial charge in [0.05, 0.1) is 23.9 Å². The van der Waals surface area contributed by atoms with Gasteiger partial charge in [0.15, 0.2) is 0 Å². The van der Waals surface area contributed by atoms with E-state index in [0.29, 0.717) is 17.7 Å². The van der Waals surface area contributed by atoms with Gasteiger partial charge in [-0.15, -0.1) is 0 Å². The molecule has 13 nitrogen and oxygen atoms in total. The highest BCUT2D eigenvalue weighted by atomic mass is 32.1. The number of carbonyl (C=O) groups is 5. The van der Waals surface area contributed by atoms with Crippen molar-refractivity contribution in [2.45, 2.75) is 89.7 Å². The molecule has 4 heterocycles. The summed E-state index contributed by atoms with van der Waals surface area (Å²) in [6.45, 7) is 7.42. The molecule has 5 rings (SSSR count). The first-order valence-electron chi connectivity index (χ1n) is 15.3. The van der Waals surface area contributed by atoms with Gasteiger partial charge < -0.3 is 36.0 Å². The Morgan fingerprint density at radius 1 is 1.11 bits per heavy atom. The van der Waals surface area contributed by atoms with Crippen LogP contribution in [0, 0.1) is 5.92 Å². The van der Waals surface area contributed by atoms with Crippen molar-refractivity contribution in [2.24, 2.45) is 5.92 Å². The summed E-state index contributed by atoms with van der Waals surface area (Å²) in [7, 11) is 0. The van der Waals surface area contributed by atoms with Crippen LogP contribution in [0.4, 0.5) is 0 Å². The number of fused-ring (bicyclic) bond motifs is 14. The van der Waals surface area contributed by atoms with Crippen LogP contribution < -0.4 is 26.0 Å². The molecule has 45 heavy (non-hydrogen) atoms. The molecule has 3 aliphatic heterocycles. The zero-order chi connectivity index (χ0) is 32.7. The van der Waals surface area contributed by atoms with Gasteiger partial charge in [0, 0.05) is 24.8 Å². The Morgan fingerprint density at radius 3 is 2.49 bits per heavy atom. The van der Waals surface area contributed by atoms with Gasteiger partial charge in [-0.2, -0.15) is 0 Å². The Kier molecular flexibility index (Phi) is 11.5. The van der Waals surface area contributed by atoms with Crippen molar-refractivity contribution in [3.63, 3.8) is 0 Å². The number of aliphatic hydroxyl groups excluding tert-OH is 1. The first-order valence-corrected chi connectivity index (χ1v) is 16.1. The number of amides is 5. The van der Waals surface area contributed by atoms with E-state index in [1.165, 1.54) is 11.1 Å². The molecule has 3 aliphatic rings. The molecule has 0 saturated carbocycles. The molecule has 5 N–H and O–H groups in total. The average Bonchev–Trinajstić information content (AvgIpc) is 3.68. The minimum absolute atomic E-state index is 0.0108. The van der Waals surface area contributed by atoms with Crippen LogP contribution in [0.3, 0.4) is 0 Å². The van der Waals surface area contributed by atoms with Gasteiger partial charge in [-0.3, -0.25) is 24.0 Å². The quantitative estimate of drug-likeness (QED) is 0.297. The van der Waals surface area contributed by atoms with Crippen molar-refractivity contribution >= 4 is 41.1 Å². The molecule has 0 aliphatic carbocycles. The lowest BCUT2D eigenvalue weighted by Gasteiger charge is -2.30. The number of hydrogen-bond donors (Lipinski definition) is 5. The Labute approximate surface area is 266 Å². The fourth-order valence-corrected chi connectivity index (χ4v) is 5.99.